The predicted molar refractivity (Wildman–Crippen MR) is 68.9 cm³/mol. The smallest absolute Gasteiger partial charge is 0.194 e. The van der Waals surface area contributed by atoms with Crippen molar-refractivity contribution in [1.29, 1.82) is 0 Å². The first kappa shape index (κ1) is 13.1. The fourth-order valence-corrected chi connectivity index (χ4v) is 2.25. The molecule has 0 amide bonds. The zero-order valence-electron chi connectivity index (χ0n) is 10.9. The van der Waals surface area contributed by atoms with Gasteiger partial charge >= 0.3 is 0 Å². The van der Waals surface area contributed by atoms with Gasteiger partial charge in [0.05, 0.1) is 6.54 Å². The van der Waals surface area contributed by atoms with Crippen LogP contribution < -0.4 is 5.32 Å². The van der Waals surface area contributed by atoms with Crippen LogP contribution in [0.4, 0.5) is 18.9 Å². The van der Waals surface area contributed by atoms with Gasteiger partial charge in [-0.15, -0.1) is 0 Å². The molecule has 0 radical (unpaired) electrons. The summed E-state index contributed by atoms with van der Waals surface area (Å²) in [4.78, 5) is 0. The second-order valence-corrected chi connectivity index (χ2v) is 5.23. The van der Waals surface area contributed by atoms with Crippen LogP contribution in [-0.2, 0) is 6.54 Å². The summed E-state index contributed by atoms with van der Waals surface area (Å²) in [5.74, 6) is -1.10. The predicted octanol–water partition coefficient (Wildman–Crippen LogP) is 4.43. The highest BCUT2D eigenvalue weighted by Crippen LogP contribution is 2.47. The van der Waals surface area contributed by atoms with Gasteiger partial charge in [-0.25, -0.2) is 13.2 Å². The number of rotatable bonds is 4. The summed E-state index contributed by atoms with van der Waals surface area (Å²) >= 11 is 0. The summed E-state index contributed by atoms with van der Waals surface area (Å²) in [6, 6.07) is 5.61. The Morgan fingerprint density at radius 2 is 1.85 bits per heavy atom. The fourth-order valence-electron chi connectivity index (χ4n) is 2.25. The van der Waals surface area contributed by atoms with E-state index in [0.717, 1.165) is 24.3 Å². The van der Waals surface area contributed by atoms with Crippen molar-refractivity contribution in [3.63, 3.8) is 0 Å². The van der Waals surface area contributed by atoms with Crippen molar-refractivity contribution in [2.24, 2.45) is 5.92 Å². The molecule has 2 nitrogen and oxygen atoms in total. The molecule has 1 N–H and O–H groups in total. The molecule has 1 saturated carbocycles. The van der Waals surface area contributed by atoms with Crippen LogP contribution in [0.15, 0.2) is 28.7 Å². The maximum atomic E-state index is 13.0. The molecule has 1 aliphatic carbocycles. The fraction of sp³-hybridized carbons (Fsp3) is 0.333. The van der Waals surface area contributed by atoms with Crippen LogP contribution in [0.2, 0.25) is 0 Å². The van der Waals surface area contributed by atoms with Crippen LogP contribution in [-0.4, -0.2) is 0 Å². The van der Waals surface area contributed by atoms with E-state index in [2.05, 4.69) is 12.2 Å². The minimum Gasteiger partial charge on any atom is -0.464 e. The maximum absolute atomic E-state index is 13.0. The third-order valence-electron chi connectivity index (χ3n) is 3.61. The molecule has 3 rings (SSSR count). The van der Waals surface area contributed by atoms with Crippen molar-refractivity contribution in [3.8, 4) is 0 Å². The Bertz CT molecular complexity index is 615. The van der Waals surface area contributed by atoms with Gasteiger partial charge in [0.2, 0.25) is 0 Å². The van der Waals surface area contributed by atoms with Crippen LogP contribution >= 0.6 is 0 Å². The Balaban J connectivity index is 1.66. The number of hydrogen-bond acceptors (Lipinski definition) is 2. The minimum atomic E-state index is -1.46. The van der Waals surface area contributed by atoms with Gasteiger partial charge in [0.15, 0.2) is 17.5 Å². The third-order valence-corrected chi connectivity index (χ3v) is 3.61. The Labute approximate surface area is 114 Å². The number of benzene rings is 1. The molecule has 2 atom stereocenters. The van der Waals surface area contributed by atoms with E-state index in [1.807, 2.05) is 12.1 Å². The summed E-state index contributed by atoms with van der Waals surface area (Å²) in [6.45, 7) is 2.46. The van der Waals surface area contributed by atoms with E-state index in [1.54, 1.807) is 0 Å². The molecular formula is C15H14F3NO. The standard InChI is InChI=1S/C15H14F3NO/c1-8-4-11(8)14-3-2-10(20-14)7-19-9-5-12(16)15(18)13(17)6-9/h2-3,5-6,8,11,19H,4,7H2,1H3. The van der Waals surface area contributed by atoms with Gasteiger partial charge in [-0.2, -0.15) is 0 Å². The molecule has 1 heterocycles. The van der Waals surface area contributed by atoms with Crippen molar-refractivity contribution >= 4 is 5.69 Å². The Kier molecular flexibility index (Phi) is 3.20. The summed E-state index contributed by atoms with van der Waals surface area (Å²) < 4.78 is 44.6. The Hall–Kier alpha value is -1.91. The first-order valence-electron chi connectivity index (χ1n) is 6.51. The van der Waals surface area contributed by atoms with Gasteiger partial charge in [0.1, 0.15) is 11.5 Å². The molecule has 0 aliphatic heterocycles. The van der Waals surface area contributed by atoms with Gasteiger partial charge in [-0.05, 0) is 24.5 Å². The number of halogens is 3. The molecule has 0 bridgehead atoms. The highest BCUT2D eigenvalue weighted by atomic mass is 19.2. The molecule has 1 aromatic carbocycles. The monoisotopic (exact) mass is 281 g/mol. The molecule has 1 aromatic heterocycles. The molecule has 2 aromatic rings. The van der Waals surface area contributed by atoms with Crippen molar-refractivity contribution in [3.05, 3.63) is 53.2 Å². The van der Waals surface area contributed by atoms with Gasteiger partial charge in [0.25, 0.3) is 0 Å². The first-order valence-corrected chi connectivity index (χ1v) is 6.51. The van der Waals surface area contributed by atoms with Crippen LogP contribution in [0.5, 0.6) is 0 Å². The summed E-state index contributed by atoms with van der Waals surface area (Å²) in [7, 11) is 0. The molecule has 106 valence electrons. The molecule has 0 saturated heterocycles. The molecule has 2 unspecified atom stereocenters. The average Bonchev–Trinajstić information content (AvgIpc) is 2.96. The van der Waals surface area contributed by atoms with Gasteiger partial charge in [-0.3, -0.25) is 0 Å². The first-order chi connectivity index (χ1) is 9.54. The van der Waals surface area contributed by atoms with Crippen molar-refractivity contribution < 1.29 is 17.6 Å². The van der Waals surface area contributed by atoms with E-state index in [-0.39, 0.29) is 5.69 Å². The summed E-state index contributed by atoms with van der Waals surface area (Å²) in [6.07, 6.45) is 1.13. The molecule has 5 heteroatoms. The van der Waals surface area contributed by atoms with Crippen molar-refractivity contribution in [2.45, 2.75) is 25.8 Å². The van der Waals surface area contributed by atoms with E-state index < -0.39 is 17.5 Å². The molecule has 1 aliphatic rings. The van der Waals surface area contributed by atoms with Crippen LogP contribution in [0, 0.1) is 23.4 Å². The van der Waals surface area contributed by atoms with Crippen LogP contribution in [0.3, 0.4) is 0 Å². The van der Waals surface area contributed by atoms with Gasteiger partial charge < -0.3 is 9.73 Å². The van der Waals surface area contributed by atoms with E-state index in [0.29, 0.717) is 24.1 Å². The number of anilines is 1. The highest BCUT2D eigenvalue weighted by molar-refractivity contribution is 5.44. The Morgan fingerprint density at radius 1 is 1.20 bits per heavy atom. The topological polar surface area (TPSA) is 25.2 Å². The van der Waals surface area contributed by atoms with E-state index in [9.17, 15) is 13.2 Å². The third kappa shape index (κ3) is 2.53. The molecule has 20 heavy (non-hydrogen) atoms. The van der Waals surface area contributed by atoms with Gasteiger partial charge in [-0.1, -0.05) is 6.92 Å². The largest absolute Gasteiger partial charge is 0.464 e. The lowest BCUT2D eigenvalue weighted by molar-refractivity contribution is 0.447. The van der Waals surface area contributed by atoms with E-state index >= 15 is 0 Å². The SMILES string of the molecule is CC1CC1c1ccc(CNc2cc(F)c(F)c(F)c2)o1. The zero-order valence-corrected chi connectivity index (χ0v) is 10.9. The highest BCUT2D eigenvalue weighted by Gasteiger charge is 2.36. The number of nitrogens with one attached hydrogen (secondary N) is 1. The second-order valence-electron chi connectivity index (χ2n) is 5.23. The average molecular weight is 281 g/mol. The molecular weight excluding hydrogens is 267 g/mol. The second kappa shape index (κ2) is 4.89. The summed E-state index contributed by atoms with van der Waals surface area (Å²) in [5.41, 5.74) is 0.180. The lowest BCUT2D eigenvalue weighted by atomic mass is 10.2. The molecule has 1 fully saturated rings. The van der Waals surface area contributed by atoms with E-state index in [1.165, 1.54) is 0 Å². The van der Waals surface area contributed by atoms with Crippen LogP contribution in [0.25, 0.3) is 0 Å². The minimum absolute atomic E-state index is 0.180. The maximum Gasteiger partial charge on any atom is 0.194 e. The van der Waals surface area contributed by atoms with Crippen molar-refractivity contribution in [2.75, 3.05) is 5.32 Å². The lowest BCUT2D eigenvalue weighted by Gasteiger charge is -2.05. The zero-order chi connectivity index (χ0) is 14.3. The van der Waals surface area contributed by atoms with Crippen LogP contribution in [0.1, 0.15) is 30.8 Å². The van der Waals surface area contributed by atoms with Gasteiger partial charge in [0, 0.05) is 23.7 Å². The summed E-state index contributed by atoms with van der Waals surface area (Å²) in [5, 5.41) is 2.81. The Morgan fingerprint density at radius 3 is 2.45 bits per heavy atom. The number of hydrogen-bond donors (Lipinski definition) is 1. The van der Waals surface area contributed by atoms with Crippen molar-refractivity contribution in [1.82, 2.24) is 0 Å². The normalized spacial score (nSPS) is 21.0. The number of furan rings is 1. The molecule has 0 spiro atoms. The van der Waals surface area contributed by atoms with E-state index in [4.69, 9.17) is 4.42 Å². The lowest BCUT2D eigenvalue weighted by Crippen LogP contribution is -2.01. The quantitative estimate of drug-likeness (QED) is 0.838.